The van der Waals surface area contributed by atoms with Crippen LogP contribution in [0.15, 0.2) is 0 Å². The van der Waals surface area contributed by atoms with Crippen molar-refractivity contribution >= 4 is 5.78 Å². The molecule has 0 radical (unpaired) electrons. The first kappa shape index (κ1) is 11.7. The van der Waals surface area contributed by atoms with Crippen LogP contribution in [0.2, 0.25) is 0 Å². The SMILES string of the molecule is CC(=O)C(C)N(C)CC1(O)CCCC1. The maximum absolute atomic E-state index is 11.1. The number of nitrogens with zero attached hydrogens (tertiary/aromatic N) is 1. The van der Waals surface area contributed by atoms with E-state index < -0.39 is 5.60 Å². The van der Waals surface area contributed by atoms with E-state index in [4.69, 9.17) is 0 Å². The smallest absolute Gasteiger partial charge is 0.146 e. The van der Waals surface area contributed by atoms with Gasteiger partial charge < -0.3 is 5.11 Å². The van der Waals surface area contributed by atoms with Crippen molar-refractivity contribution in [2.45, 2.75) is 51.2 Å². The fraction of sp³-hybridized carbons (Fsp3) is 0.909. The van der Waals surface area contributed by atoms with Crippen molar-refractivity contribution in [3.05, 3.63) is 0 Å². The first-order chi connectivity index (χ1) is 6.44. The van der Waals surface area contributed by atoms with E-state index in [0.717, 1.165) is 25.7 Å². The van der Waals surface area contributed by atoms with E-state index in [9.17, 15) is 9.90 Å². The molecule has 1 atom stereocenters. The molecule has 82 valence electrons. The molecule has 0 aromatic rings. The number of likely N-dealkylation sites (N-methyl/N-ethyl adjacent to an activating group) is 1. The van der Waals surface area contributed by atoms with Gasteiger partial charge in [0.15, 0.2) is 0 Å². The van der Waals surface area contributed by atoms with Crippen LogP contribution in [0.1, 0.15) is 39.5 Å². The summed E-state index contributed by atoms with van der Waals surface area (Å²) in [5.74, 6) is 0.161. The quantitative estimate of drug-likeness (QED) is 0.739. The van der Waals surface area contributed by atoms with Gasteiger partial charge in [0.05, 0.1) is 11.6 Å². The van der Waals surface area contributed by atoms with Gasteiger partial charge in [-0.15, -0.1) is 0 Å². The topological polar surface area (TPSA) is 40.5 Å². The highest BCUT2D eigenvalue weighted by molar-refractivity contribution is 5.80. The molecule has 1 aliphatic carbocycles. The predicted octanol–water partition coefficient (Wildman–Crippen LogP) is 1.20. The second-order valence-electron chi connectivity index (χ2n) is 4.63. The number of hydrogen-bond donors (Lipinski definition) is 1. The zero-order chi connectivity index (χ0) is 10.8. The summed E-state index contributed by atoms with van der Waals surface area (Å²) in [6.45, 7) is 4.11. The molecular formula is C11H21NO2. The fourth-order valence-corrected chi connectivity index (χ4v) is 2.10. The molecule has 1 unspecified atom stereocenters. The lowest BCUT2D eigenvalue weighted by Gasteiger charge is -2.31. The fourth-order valence-electron chi connectivity index (χ4n) is 2.10. The van der Waals surface area contributed by atoms with Gasteiger partial charge in [0, 0.05) is 6.54 Å². The highest BCUT2D eigenvalue weighted by atomic mass is 16.3. The van der Waals surface area contributed by atoms with Gasteiger partial charge in [0.1, 0.15) is 5.78 Å². The molecule has 0 aliphatic heterocycles. The molecule has 0 bridgehead atoms. The lowest BCUT2D eigenvalue weighted by atomic mass is 10.0. The first-order valence-corrected chi connectivity index (χ1v) is 5.38. The molecule has 1 fully saturated rings. The van der Waals surface area contributed by atoms with Crippen molar-refractivity contribution in [2.75, 3.05) is 13.6 Å². The molecule has 0 aromatic heterocycles. The Balaban J connectivity index is 2.46. The molecule has 0 aromatic carbocycles. The molecule has 1 rings (SSSR count). The number of carbonyl (C=O) groups excluding carboxylic acids is 1. The molecule has 14 heavy (non-hydrogen) atoms. The lowest BCUT2D eigenvalue weighted by molar-refractivity contribution is -0.122. The molecule has 0 spiro atoms. The maximum atomic E-state index is 11.1. The maximum Gasteiger partial charge on any atom is 0.146 e. The minimum Gasteiger partial charge on any atom is -0.389 e. The summed E-state index contributed by atoms with van der Waals surface area (Å²) >= 11 is 0. The van der Waals surface area contributed by atoms with Gasteiger partial charge in [-0.1, -0.05) is 12.8 Å². The third kappa shape index (κ3) is 2.79. The van der Waals surface area contributed by atoms with Crippen LogP contribution in [0.4, 0.5) is 0 Å². The average Bonchev–Trinajstić information content (AvgIpc) is 2.50. The van der Waals surface area contributed by atoms with Crippen molar-refractivity contribution in [1.29, 1.82) is 0 Å². The number of ketones is 1. The summed E-state index contributed by atoms with van der Waals surface area (Å²) < 4.78 is 0. The van der Waals surface area contributed by atoms with Crippen molar-refractivity contribution in [3.63, 3.8) is 0 Å². The van der Waals surface area contributed by atoms with Gasteiger partial charge in [-0.2, -0.15) is 0 Å². The van der Waals surface area contributed by atoms with Crippen molar-refractivity contribution in [1.82, 2.24) is 4.90 Å². The van der Waals surface area contributed by atoms with Crippen molar-refractivity contribution < 1.29 is 9.90 Å². The summed E-state index contributed by atoms with van der Waals surface area (Å²) in [5.41, 5.74) is -0.543. The molecule has 1 aliphatic rings. The van der Waals surface area contributed by atoms with E-state index >= 15 is 0 Å². The Labute approximate surface area is 86.1 Å². The van der Waals surface area contributed by atoms with E-state index in [1.54, 1.807) is 6.92 Å². The molecule has 0 saturated heterocycles. The highest BCUT2D eigenvalue weighted by Gasteiger charge is 2.33. The molecule has 1 saturated carbocycles. The van der Waals surface area contributed by atoms with E-state index in [1.165, 1.54) is 0 Å². The van der Waals surface area contributed by atoms with Gasteiger partial charge in [-0.05, 0) is 33.7 Å². The van der Waals surface area contributed by atoms with Crippen molar-refractivity contribution in [3.8, 4) is 0 Å². The summed E-state index contributed by atoms with van der Waals surface area (Å²) in [7, 11) is 1.91. The number of hydrogen-bond acceptors (Lipinski definition) is 3. The lowest BCUT2D eigenvalue weighted by Crippen LogP contribution is -2.45. The molecule has 3 nitrogen and oxygen atoms in total. The standard InChI is InChI=1S/C11H21NO2/c1-9(10(2)13)12(3)8-11(14)6-4-5-7-11/h9,14H,4-8H2,1-3H3. The van der Waals surface area contributed by atoms with E-state index in [1.807, 2.05) is 18.9 Å². The highest BCUT2D eigenvalue weighted by Crippen LogP contribution is 2.30. The van der Waals surface area contributed by atoms with Gasteiger partial charge in [-0.3, -0.25) is 9.69 Å². The minimum absolute atomic E-state index is 0.0837. The second-order valence-corrected chi connectivity index (χ2v) is 4.63. The van der Waals surface area contributed by atoms with Crippen LogP contribution < -0.4 is 0 Å². The average molecular weight is 199 g/mol. The second kappa shape index (κ2) is 4.41. The summed E-state index contributed by atoms with van der Waals surface area (Å²) in [6, 6.07) is -0.0837. The normalized spacial score (nSPS) is 22.6. The number of Topliss-reactive ketones (excluding diaryl/α,β-unsaturated/α-hetero) is 1. The van der Waals surface area contributed by atoms with Crippen LogP contribution in [-0.2, 0) is 4.79 Å². The van der Waals surface area contributed by atoms with E-state index in [2.05, 4.69) is 0 Å². The number of aliphatic hydroxyl groups is 1. The number of rotatable bonds is 4. The Morgan fingerprint density at radius 2 is 2.00 bits per heavy atom. The van der Waals surface area contributed by atoms with Crippen LogP contribution in [0.5, 0.6) is 0 Å². The molecular weight excluding hydrogens is 178 g/mol. The first-order valence-electron chi connectivity index (χ1n) is 5.38. The Kier molecular flexibility index (Phi) is 3.67. The molecule has 0 amide bonds. The Hall–Kier alpha value is -0.410. The van der Waals surface area contributed by atoms with Crippen LogP contribution in [0.3, 0.4) is 0 Å². The van der Waals surface area contributed by atoms with Crippen LogP contribution >= 0.6 is 0 Å². The summed E-state index contributed by atoms with van der Waals surface area (Å²) in [5, 5.41) is 10.1. The molecule has 1 N–H and O–H groups in total. The van der Waals surface area contributed by atoms with Gasteiger partial charge in [0.2, 0.25) is 0 Å². The zero-order valence-electron chi connectivity index (χ0n) is 9.42. The largest absolute Gasteiger partial charge is 0.389 e. The van der Waals surface area contributed by atoms with Crippen molar-refractivity contribution in [2.24, 2.45) is 0 Å². The number of carbonyl (C=O) groups is 1. The Bertz CT molecular complexity index is 209. The minimum atomic E-state index is -0.543. The van der Waals surface area contributed by atoms with E-state index in [0.29, 0.717) is 6.54 Å². The van der Waals surface area contributed by atoms with Crippen LogP contribution in [0.25, 0.3) is 0 Å². The summed E-state index contributed by atoms with van der Waals surface area (Å²) in [6.07, 6.45) is 3.97. The van der Waals surface area contributed by atoms with Crippen LogP contribution in [-0.4, -0.2) is 41.0 Å². The van der Waals surface area contributed by atoms with Crippen LogP contribution in [0, 0.1) is 0 Å². The monoisotopic (exact) mass is 199 g/mol. The Morgan fingerprint density at radius 1 is 1.50 bits per heavy atom. The van der Waals surface area contributed by atoms with Gasteiger partial charge in [0.25, 0.3) is 0 Å². The predicted molar refractivity (Wildman–Crippen MR) is 56.2 cm³/mol. The third-order valence-corrected chi connectivity index (χ3v) is 3.33. The molecule has 3 heteroatoms. The third-order valence-electron chi connectivity index (χ3n) is 3.33. The Morgan fingerprint density at radius 3 is 2.43 bits per heavy atom. The molecule has 0 heterocycles. The summed E-state index contributed by atoms with van der Waals surface area (Å²) in [4.78, 5) is 13.1. The zero-order valence-corrected chi connectivity index (χ0v) is 9.42. The van der Waals surface area contributed by atoms with Gasteiger partial charge in [-0.25, -0.2) is 0 Å². The van der Waals surface area contributed by atoms with Gasteiger partial charge >= 0.3 is 0 Å². The van der Waals surface area contributed by atoms with E-state index in [-0.39, 0.29) is 11.8 Å².